The van der Waals surface area contributed by atoms with Crippen molar-refractivity contribution in [2.45, 2.75) is 53.1 Å². The lowest BCUT2D eigenvalue weighted by atomic mass is 10.1. The molecule has 2 heterocycles. The van der Waals surface area contributed by atoms with E-state index in [4.69, 9.17) is 0 Å². The van der Waals surface area contributed by atoms with E-state index in [1.54, 1.807) is 6.33 Å². The third-order valence-electron chi connectivity index (χ3n) is 3.48. The zero-order chi connectivity index (χ0) is 15.2. The minimum atomic E-state index is 0.333. The smallest absolute Gasteiger partial charge is 0.138 e. The van der Waals surface area contributed by atoms with Crippen LogP contribution in [0.25, 0.3) is 0 Å². The Morgan fingerprint density at radius 3 is 2.81 bits per heavy atom. The van der Waals surface area contributed by atoms with Crippen LogP contribution < -0.4 is 5.32 Å². The lowest BCUT2D eigenvalue weighted by Crippen LogP contribution is -2.25. The SMILES string of the molecule is CCCNC(Cc1ncnn1CC(C)C)c1sccc1C. The van der Waals surface area contributed by atoms with Crippen LogP contribution in [0.3, 0.4) is 0 Å². The molecule has 2 rings (SSSR count). The van der Waals surface area contributed by atoms with Crippen LogP contribution >= 0.6 is 11.3 Å². The van der Waals surface area contributed by atoms with E-state index in [0.29, 0.717) is 12.0 Å². The highest BCUT2D eigenvalue weighted by molar-refractivity contribution is 7.10. The normalized spacial score (nSPS) is 13.0. The van der Waals surface area contributed by atoms with Crippen molar-refractivity contribution in [1.29, 1.82) is 0 Å². The van der Waals surface area contributed by atoms with Crippen molar-refractivity contribution in [1.82, 2.24) is 20.1 Å². The lowest BCUT2D eigenvalue weighted by Gasteiger charge is -2.19. The molecule has 0 bridgehead atoms. The fourth-order valence-electron chi connectivity index (χ4n) is 2.44. The van der Waals surface area contributed by atoms with Gasteiger partial charge in [0.2, 0.25) is 0 Å². The maximum atomic E-state index is 4.47. The Bertz CT molecular complexity index is 544. The first kappa shape index (κ1) is 16.2. The van der Waals surface area contributed by atoms with E-state index in [1.165, 1.54) is 10.4 Å². The van der Waals surface area contributed by atoms with Crippen molar-refractivity contribution in [3.63, 3.8) is 0 Å². The first-order valence-corrected chi connectivity index (χ1v) is 8.63. The zero-order valence-electron chi connectivity index (χ0n) is 13.5. The molecule has 0 aromatic carbocycles. The summed E-state index contributed by atoms with van der Waals surface area (Å²) in [4.78, 5) is 5.89. The zero-order valence-corrected chi connectivity index (χ0v) is 14.3. The first-order chi connectivity index (χ1) is 10.1. The lowest BCUT2D eigenvalue weighted by molar-refractivity contribution is 0.445. The molecule has 0 spiro atoms. The highest BCUT2D eigenvalue weighted by Gasteiger charge is 2.18. The Kier molecular flexibility index (Phi) is 5.94. The minimum absolute atomic E-state index is 0.333. The molecule has 2 aromatic heterocycles. The molecule has 116 valence electrons. The van der Waals surface area contributed by atoms with Gasteiger partial charge in [0.05, 0.1) is 0 Å². The Hall–Kier alpha value is -1.20. The van der Waals surface area contributed by atoms with Gasteiger partial charge in [-0.2, -0.15) is 5.10 Å². The van der Waals surface area contributed by atoms with E-state index in [1.807, 2.05) is 16.0 Å². The minimum Gasteiger partial charge on any atom is -0.309 e. The Morgan fingerprint density at radius 1 is 1.38 bits per heavy atom. The van der Waals surface area contributed by atoms with Crippen LogP contribution in [0.15, 0.2) is 17.8 Å². The van der Waals surface area contributed by atoms with Gasteiger partial charge < -0.3 is 5.32 Å². The van der Waals surface area contributed by atoms with Crippen molar-refractivity contribution in [2.24, 2.45) is 5.92 Å². The highest BCUT2D eigenvalue weighted by atomic mass is 32.1. The van der Waals surface area contributed by atoms with E-state index in [0.717, 1.165) is 31.8 Å². The molecule has 0 radical (unpaired) electrons. The second-order valence-corrected chi connectivity index (χ2v) is 6.88. The number of aromatic nitrogens is 3. The molecular weight excluding hydrogens is 280 g/mol. The number of rotatable bonds is 8. The topological polar surface area (TPSA) is 42.7 Å². The predicted octanol–water partition coefficient (Wildman–Crippen LogP) is 3.59. The van der Waals surface area contributed by atoms with Crippen LogP contribution in [0.2, 0.25) is 0 Å². The van der Waals surface area contributed by atoms with Crippen molar-refractivity contribution < 1.29 is 0 Å². The average molecular weight is 306 g/mol. The second kappa shape index (κ2) is 7.71. The number of thiophene rings is 1. The van der Waals surface area contributed by atoms with Gasteiger partial charge in [-0.05, 0) is 42.8 Å². The predicted molar refractivity (Wildman–Crippen MR) is 88.7 cm³/mol. The number of hydrogen-bond donors (Lipinski definition) is 1. The van der Waals surface area contributed by atoms with Crippen molar-refractivity contribution in [3.8, 4) is 0 Å². The Balaban J connectivity index is 2.15. The van der Waals surface area contributed by atoms with Crippen molar-refractivity contribution in [3.05, 3.63) is 34.0 Å². The highest BCUT2D eigenvalue weighted by Crippen LogP contribution is 2.26. The van der Waals surface area contributed by atoms with Crippen LogP contribution in [0.4, 0.5) is 0 Å². The summed E-state index contributed by atoms with van der Waals surface area (Å²) in [6.07, 6.45) is 3.71. The third kappa shape index (κ3) is 4.38. The monoisotopic (exact) mass is 306 g/mol. The molecule has 0 saturated heterocycles. The molecule has 5 heteroatoms. The van der Waals surface area contributed by atoms with Gasteiger partial charge in [0.25, 0.3) is 0 Å². The summed E-state index contributed by atoms with van der Waals surface area (Å²) in [7, 11) is 0. The van der Waals surface area contributed by atoms with Crippen molar-refractivity contribution >= 4 is 11.3 Å². The standard InChI is InChI=1S/C16H26N4S/c1-5-7-17-14(16-13(4)6-8-21-16)9-15-18-11-19-20(15)10-12(2)3/h6,8,11-12,14,17H,5,7,9-10H2,1-4H3. The van der Waals surface area contributed by atoms with Gasteiger partial charge in [0.15, 0.2) is 0 Å². The van der Waals surface area contributed by atoms with Crippen LogP contribution in [-0.2, 0) is 13.0 Å². The van der Waals surface area contributed by atoms with Gasteiger partial charge in [0.1, 0.15) is 12.2 Å². The molecule has 0 aliphatic heterocycles. The maximum Gasteiger partial charge on any atom is 0.138 e. The largest absolute Gasteiger partial charge is 0.309 e. The number of hydrogen-bond acceptors (Lipinski definition) is 4. The van der Waals surface area contributed by atoms with Gasteiger partial charge in [-0.1, -0.05) is 20.8 Å². The molecule has 0 amide bonds. The van der Waals surface area contributed by atoms with E-state index >= 15 is 0 Å². The summed E-state index contributed by atoms with van der Waals surface area (Å²) in [6, 6.07) is 2.53. The van der Waals surface area contributed by atoms with Gasteiger partial charge in [-0.25, -0.2) is 9.67 Å². The van der Waals surface area contributed by atoms with Gasteiger partial charge in [-0.3, -0.25) is 0 Å². The molecule has 1 unspecified atom stereocenters. The molecule has 21 heavy (non-hydrogen) atoms. The summed E-state index contributed by atoms with van der Waals surface area (Å²) in [5.41, 5.74) is 1.36. The average Bonchev–Trinajstić information content (AvgIpc) is 3.03. The Labute approximate surface area is 131 Å². The molecule has 1 N–H and O–H groups in total. The molecule has 1 atom stereocenters. The number of aryl methyl sites for hydroxylation is 1. The van der Waals surface area contributed by atoms with E-state index in [9.17, 15) is 0 Å². The fraction of sp³-hybridized carbons (Fsp3) is 0.625. The third-order valence-corrected chi connectivity index (χ3v) is 4.61. The van der Waals surface area contributed by atoms with Crippen LogP contribution in [0.1, 0.15) is 49.5 Å². The molecule has 0 aliphatic carbocycles. The maximum absolute atomic E-state index is 4.47. The quantitative estimate of drug-likeness (QED) is 0.810. The number of nitrogens with one attached hydrogen (secondary N) is 1. The molecule has 4 nitrogen and oxygen atoms in total. The molecule has 0 aliphatic rings. The molecular formula is C16H26N4S. The van der Waals surface area contributed by atoms with Crippen LogP contribution in [0, 0.1) is 12.8 Å². The molecule has 0 fully saturated rings. The van der Waals surface area contributed by atoms with E-state index < -0.39 is 0 Å². The van der Waals surface area contributed by atoms with Gasteiger partial charge in [0, 0.05) is 23.9 Å². The van der Waals surface area contributed by atoms with Gasteiger partial charge >= 0.3 is 0 Å². The van der Waals surface area contributed by atoms with Crippen LogP contribution in [-0.4, -0.2) is 21.3 Å². The van der Waals surface area contributed by atoms with E-state index in [2.05, 4.69) is 54.5 Å². The molecule has 2 aromatic rings. The summed E-state index contributed by atoms with van der Waals surface area (Å²) in [5, 5.41) is 10.2. The fourth-order valence-corrected chi connectivity index (χ4v) is 3.45. The van der Waals surface area contributed by atoms with Crippen LogP contribution in [0.5, 0.6) is 0 Å². The van der Waals surface area contributed by atoms with Crippen molar-refractivity contribution in [2.75, 3.05) is 6.54 Å². The van der Waals surface area contributed by atoms with E-state index in [-0.39, 0.29) is 0 Å². The molecule has 0 saturated carbocycles. The summed E-state index contributed by atoms with van der Waals surface area (Å²) in [5.74, 6) is 1.65. The van der Waals surface area contributed by atoms with Gasteiger partial charge in [-0.15, -0.1) is 11.3 Å². The second-order valence-electron chi connectivity index (χ2n) is 5.93. The Morgan fingerprint density at radius 2 is 2.19 bits per heavy atom. The summed E-state index contributed by atoms with van der Waals surface area (Å²) in [6.45, 7) is 10.8. The summed E-state index contributed by atoms with van der Waals surface area (Å²) < 4.78 is 2.05. The first-order valence-electron chi connectivity index (χ1n) is 7.75. The summed E-state index contributed by atoms with van der Waals surface area (Å²) >= 11 is 1.83. The number of nitrogens with zero attached hydrogens (tertiary/aromatic N) is 3.